The van der Waals surface area contributed by atoms with Gasteiger partial charge in [0.15, 0.2) is 0 Å². The van der Waals surface area contributed by atoms with Gasteiger partial charge in [-0.1, -0.05) is 29.3 Å². The summed E-state index contributed by atoms with van der Waals surface area (Å²) in [5.74, 6) is -1.69. The monoisotopic (exact) mass is 560 g/mol. The number of hydrogen-bond acceptors (Lipinski definition) is 4. The van der Waals surface area contributed by atoms with Crippen LogP contribution in [0.15, 0.2) is 42.5 Å². The zero-order valence-electron chi connectivity index (χ0n) is 21.0. The Kier molecular flexibility index (Phi) is 9.75. The Labute approximate surface area is 222 Å². The first-order chi connectivity index (χ1) is 16.5. The molecule has 198 valence electrons. The van der Waals surface area contributed by atoms with Crippen LogP contribution in [0.25, 0.3) is 0 Å². The Morgan fingerprint density at radius 1 is 1.03 bits per heavy atom. The molecule has 1 atom stereocenters. The second kappa shape index (κ2) is 11.8. The molecule has 0 aromatic heterocycles. The number of rotatable bonds is 9. The lowest BCUT2D eigenvalue weighted by atomic mass is 10.1. The van der Waals surface area contributed by atoms with E-state index >= 15 is 0 Å². The number of hydrogen-bond donors (Lipinski definition) is 1. The molecule has 0 aliphatic rings. The van der Waals surface area contributed by atoms with E-state index in [-0.39, 0.29) is 12.2 Å². The van der Waals surface area contributed by atoms with Gasteiger partial charge >= 0.3 is 10.2 Å². The van der Waals surface area contributed by atoms with Gasteiger partial charge in [0.05, 0.1) is 5.69 Å². The lowest BCUT2D eigenvalue weighted by molar-refractivity contribution is -0.140. The Hall–Kier alpha value is -2.40. The van der Waals surface area contributed by atoms with Crippen molar-refractivity contribution in [1.82, 2.24) is 14.5 Å². The third-order valence-corrected chi connectivity index (χ3v) is 7.72. The molecule has 0 bridgehead atoms. The van der Waals surface area contributed by atoms with E-state index in [9.17, 15) is 22.4 Å². The molecule has 0 heterocycles. The van der Waals surface area contributed by atoms with Crippen LogP contribution < -0.4 is 9.62 Å². The third-order valence-electron chi connectivity index (χ3n) is 5.19. The van der Waals surface area contributed by atoms with Gasteiger partial charge in [0.1, 0.15) is 18.4 Å². The molecular formula is C24H31Cl2FN4O4S. The molecule has 2 rings (SSSR count). The van der Waals surface area contributed by atoms with Crippen LogP contribution in [0.3, 0.4) is 0 Å². The predicted molar refractivity (Wildman–Crippen MR) is 141 cm³/mol. The molecule has 0 unspecified atom stereocenters. The first-order valence-corrected chi connectivity index (χ1v) is 13.2. The maximum atomic E-state index is 13.7. The first-order valence-electron chi connectivity index (χ1n) is 11.0. The van der Waals surface area contributed by atoms with Crippen molar-refractivity contribution in [2.24, 2.45) is 0 Å². The summed E-state index contributed by atoms with van der Waals surface area (Å²) in [6.45, 7) is 6.14. The van der Waals surface area contributed by atoms with Crippen molar-refractivity contribution in [2.75, 3.05) is 24.9 Å². The van der Waals surface area contributed by atoms with Crippen LogP contribution in [-0.4, -0.2) is 61.7 Å². The van der Waals surface area contributed by atoms with Crippen LogP contribution in [0.2, 0.25) is 10.0 Å². The standard InChI is InChI=1S/C24H31Cl2FN4O4S/c1-16(23(33)28-24(2,3)4)30(14-19-20(25)8-7-9-21(19)26)22(32)15-31(36(34,35)29(5)6)18-12-10-17(27)11-13-18/h7-13,16H,14-15H2,1-6H3,(H,28,33)/t16-/m1/s1. The first kappa shape index (κ1) is 29.8. The molecule has 1 N–H and O–H groups in total. The van der Waals surface area contributed by atoms with Gasteiger partial charge in [-0.2, -0.15) is 12.7 Å². The van der Waals surface area contributed by atoms with Crippen molar-refractivity contribution < 1.29 is 22.4 Å². The van der Waals surface area contributed by atoms with Gasteiger partial charge < -0.3 is 10.2 Å². The number of carbonyl (C=O) groups excluding carboxylic acids is 2. The van der Waals surface area contributed by atoms with Gasteiger partial charge in [-0.05, 0) is 64.1 Å². The fraction of sp³-hybridized carbons (Fsp3) is 0.417. The minimum Gasteiger partial charge on any atom is -0.350 e. The van der Waals surface area contributed by atoms with E-state index in [4.69, 9.17) is 23.2 Å². The molecule has 2 aromatic carbocycles. The number of halogens is 3. The second-order valence-electron chi connectivity index (χ2n) is 9.41. The average molecular weight is 562 g/mol. The van der Waals surface area contributed by atoms with E-state index in [1.165, 1.54) is 38.1 Å². The molecule has 0 aliphatic carbocycles. The van der Waals surface area contributed by atoms with Crippen LogP contribution >= 0.6 is 23.2 Å². The molecule has 0 fully saturated rings. The largest absolute Gasteiger partial charge is 0.350 e. The fourth-order valence-electron chi connectivity index (χ4n) is 3.23. The summed E-state index contributed by atoms with van der Waals surface area (Å²) in [6, 6.07) is 8.57. The van der Waals surface area contributed by atoms with Gasteiger partial charge in [0, 0.05) is 41.8 Å². The van der Waals surface area contributed by atoms with Gasteiger partial charge in [0.25, 0.3) is 0 Å². The Morgan fingerprint density at radius 3 is 2.03 bits per heavy atom. The van der Waals surface area contributed by atoms with Crippen LogP contribution in [0.1, 0.15) is 33.3 Å². The highest BCUT2D eigenvalue weighted by molar-refractivity contribution is 7.90. The molecule has 2 amide bonds. The summed E-state index contributed by atoms with van der Waals surface area (Å²) >= 11 is 12.7. The highest BCUT2D eigenvalue weighted by Crippen LogP contribution is 2.27. The summed E-state index contributed by atoms with van der Waals surface area (Å²) in [6.07, 6.45) is 0. The molecule has 0 saturated carbocycles. The van der Waals surface area contributed by atoms with Crippen LogP contribution in [0.4, 0.5) is 10.1 Å². The van der Waals surface area contributed by atoms with Crippen molar-refractivity contribution in [3.8, 4) is 0 Å². The molecule has 12 heteroatoms. The van der Waals surface area contributed by atoms with Crippen LogP contribution in [-0.2, 0) is 26.3 Å². The van der Waals surface area contributed by atoms with E-state index < -0.39 is 46.0 Å². The third kappa shape index (κ3) is 7.55. The topological polar surface area (TPSA) is 90.0 Å². The number of carbonyl (C=O) groups is 2. The normalized spacial score (nSPS) is 12.8. The smallest absolute Gasteiger partial charge is 0.304 e. The van der Waals surface area contributed by atoms with Gasteiger partial charge in [-0.25, -0.2) is 8.70 Å². The number of benzene rings is 2. The molecule has 0 saturated heterocycles. The average Bonchev–Trinajstić information content (AvgIpc) is 2.76. The minimum absolute atomic E-state index is 0.0842. The molecule has 0 spiro atoms. The number of amides is 2. The van der Waals surface area contributed by atoms with Crippen LogP contribution in [0.5, 0.6) is 0 Å². The quantitative estimate of drug-likeness (QED) is 0.500. The van der Waals surface area contributed by atoms with Crippen molar-refractivity contribution in [3.63, 3.8) is 0 Å². The maximum Gasteiger partial charge on any atom is 0.304 e. The summed E-state index contributed by atoms with van der Waals surface area (Å²) < 4.78 is 41.5. The van der Waals surface area contributed by atoms with Gasteiger partial charge in [-0.3, -0.25) is 9.59 Å². The minimum atomic E-state index is -4.15. The fourth-order valence-corrected chi connectivity index (χ4v) is 4.81. The van der Waals surface area contributed by atoms with E-state index in [1.807, 2.05) is 0 Å². The van der Waals surface area contributed by atoms with E-state index in [1.54, 1.807) is 39.0 Å². The Bertz CT molecular complexity index is 1180. The summed E-state index contributed by atoms with van der Waals surface area (Å²) in [5.41, 5.74) is -0.0781. The Balaban J connectivity index is 2.52. The van der Waals surface area contributed by atoms with E-state index in [2.05, 4.69) is 5.32 Å². The number of nitrogens with one attached hydrogen (secondary N) is 1. The summed E-state index contributed by atoms with van der Waals surface area (Å²) in [5, 5.41) is 3.41. The zero-order valence-corrected chi connectivity index (χ0v) is 23.4. The van der Waals surface area contributed by atoms with E-state index in [0.717, 1.165) is 20.7 Å². The van der Waals surface area contributed by atoms with Crippen molar-refractivity contribution >= 4 is 50.9 Å². The summed E-state index contributed by atoms with van der Waals surface area (Å²) in [4.78, 5) is 27.9. The molecule has 0 aliphatic heterocycles. The lowest BCUT2D eigenvalue weighted by Gasteiger charge is -2.34. The highest BCUT2D eigenvalue weighted by atomic mass is 35.5. The molecular weight excluding hydrogens is 530 g/mol. The van der Waals surface area contributed by atoms with E-state index in [0.29, 0.717) is 15.6 Å². The molecule has 36 heavy (non-hydrogen) atoms. The van der Waals surface area contributed by atoms with Crippen molar-refractivity contribution in [2.45, 2.75) is 45.8 Å². The molecule has 0 radical (unpaired) electrons. The summed E-state index contributed by atoms with van der Waals surface area (Å²) in [7, 11) is -1.52. The predicted octanol–water partition coefficient (Wildman–Crippen LogP) is 4.08. The van der Waals surface area contributed by atoms with Crippen molar-refractivity contribution in [3.05, 3.63) is 63.9 Å². The van der Waals surface area contributed by atoms with Crippen molar-refractivity contribution in [1.29, 1.82) is 0 Å². The maximum absolute atomic E-state index is 13.7. The molecule has 2 aromatic rings. The zero-order chi connectivity index (χ0) is 27.4. The molecule has 8 nitrogen and oxygen atoms in total. The number of nitrogens with zero attached hydrogens (tertiary/aromatic N) is 3. The highest BCUT2D eigenvalue weighted by Gasteiger charge is 2.34. The number of anilines is 1. The SMILES string of the molecule is C[C@H](C(=O)NC(C)(C)C)N(Cc1c(Cl)cccc1Cl)C(=O)CN(c1ccc(F)cc1)S(=O)(=O)N(C)C. The van der Waals surface area contributed by atoms with Gasteiger partial charge in [-0.15, -0.1) is 0 Å². The lowest BCUT2D eigenvalue weighted by Crippen LogP contribution is -2.55. The second-order valence-corrected chi connectivity index (χ2v) is 12.3. The Morgan fingerprint density at radius 2 is 1.56 bits per heavy atom. The van der Waals surface area contributed by atoms with Gasteiger partial charge in [0.2, 0.25) is 11.8 Å². The van der Waals surface area contributed by atoms with Crippen LogP contribution in [0, 0.1) is 5.82 Å².